The molecule has 1 N–H and O–H groups in total. The van der Waals surface area contributed by atoms with Crippen molar-refractivity contribution in [1.82, 2.24) is 0 Å². The maximum absolute atomic E-state index is 7.19. The minimum Gasteiger partial charge on any atom is -0.309 e. The molecule has 0 radical (unpaired) electrons. The van der Waals surface area contributed by atoms with E-state index in [1.54, 1.807) is 0 Å². The lowest BCUT2D eigenvalue weighted by Crippen LogP contribution is -1.99. The van der Waals surface area contributed by atoms with E-state index >= 15 is 0 Å². The molecule has 1 nitrogen and oxygen atoms in total. The van der Waals surface area contributed by atoms with E-state index in [0.717, 1.165) is 11.6 Å². The summed E-state index contributed by atoms with van der Waals surface area (Å²) in [5, 5.41) is 7.19. The van der Waals surface area contributed by atoms with Gasteiger partial charge in [0.1, 0.15) is 0 Å². The van der Waals surface area contributed by atoms with Gasteiger partial charge in [0.2, 0.25) is 0 Å². The first kappa shape index (κ1) is 3.65. The maximum atomic E-state index is 7.19. The largest absolute Gasteiger partial charge is 0.309 e. The van der Waals surface area contributed by atoms with Crippen LogP contribution >= 0.6 is 0 Å². The highest BCUT2D eigenvalue weighted by Crippen LogP contribution is 2.75. The molecule has 38 valence electrons. The van der Waals surface area contributed by atoms with Gasteiger partial charge < -0.3 is 5.41 Å². The van der Waals surface area contributed by atoms with Crippen LogP contribution in [0.2, 0.25) is 0 Å². The molecule has 2 rings (SSSR count). The standard InChI is InChI=1S/C6H9N/c1-3-4-5(7)6(3,4)2/h3-4,7H,1-2H3/t3-,4?,6?/m0/s1. The lowest BCUT2D eigenvalue weighted by atomic mass is 10.1. The zero-order valence-electron chi connectivity index (χ0n) is 4.65. The Labute approximate surface area is 43.2 Å². The minimum atomic E-state index is 0.417. The molecular formula is C6H9N. The van der Waals surface area contributed by atoms with Gasteiger partial charge >= 0.3 is 0 Å². The molecule has 0 aliphatic heterocycles. The summed E-state index contributed by atoms with van der Waals surface area (Å²) in [4.78, 5) is 0. The van der Waals surface area contributed by atoms with E-state index in [9.17, 15) is 0 Å². The van der Waals surface area contributed by atoms with Crippen molar-refractivity contribution in [1.29, 1.82) is 5.41 Å². The van der Waals surface area contributed by atoms with Gasteiger partial charge in [0.25, 0.3) is 0 Å². The smallest absolute Gasteiger partial charge is 0.0201 e. The maximum Gasteiger partial charge on any atom is 0.0201 e. The van der Waals surface area contributed by atoms with E-state index in [2.05, 4.69) is 13.8 Å². The molecule has 1 heteroatoms. The molecule has 0 aromatic rings. The third-order valence-electron chi connectivity index (χ3n) is 2.79. The van der Waals surface area contributed by atoms with Crippen LogP contribution in [-0.2, 0) is 0 Å². The number of rotatable bonds is 0. The van der Waals surface area contributed by atoms with Gasteiger partial charge in [-0.25, -0.2) is 0 Å². The van der Waals surface area contributed by atoms with Crippen molar-refractivity contribution in [2.75, 3.05) is 0 Å². The van der Waals surface area contributed by atoms with Gasteiger partial charge in [0, 0.05) is 17.0 Å². The molecule has 0 saturated heterocycles. The number of nitrogens with one attached hydrogen (secondary N) is 1. The number of hydrogen-bond donors (Lipinski definition) is 1. The molecule has 0 bridgehead atoms. The van der Waals surface area contributed by atoms with Crippen molar-refractivity contribution in [3.63, 3.8) is 0 Å². The Balaban J connectivity index is 2.31. The highest BCUT2D eigenvalue weighted by molar-refractivity contribution is 6.14. The molecule has 0 aromatic heterocycles. The second kappa shape index (κ2) is 0.575. The normalized spacial score (nSPS) is 64.6. The molecule has 0 heterocycles. The summed E-state index contributed by atoms with van der Waals surface area (Å²) in [6, 6.07) is 0. The zero-order valence-corrected chi connectivity index (χ0v) is 4.65. The lowest BCUT2D eigenvalue weighted by molar-refractivity contribution is 0.718. The molecule has 0 amide bonds. The van der Waals surface area contributed by atoms with Gasteiger partial charge in [-0.3, -0.25) is 0 Å². The Morgan fingerprint density at radius 2 is 2.14 bits per heavy atom. The lowest BCUT2D eigenvalue weighted by Gasteiger charge is -1.96. The summed E-state index contributed by atoms with van der Waals surface area (Å²) < 4.78 is 0. The van der Waals surface area contributed by atoms with E-state index in [1.165, 1.54) is 0 Å². The highest BCUT2D eigenvalue weighted by atomic mass is 14.9. The molecule has 7 heavy (non-hydrogen) atoms. The Morgan fingerprint density at radius 1 is 1.71 bits per heavy atom. The topological polar surface area (TPSA) is 23.9 Å². The minimum absolute atomic E-state index is 0.417. The molecule has 2 fully saturated rings. The first-order chi connectivity index (χ1) is 3.19. The predicted molar refractivity (Wildman–Crippen MR) is 28.5 cm³/mol. The summed E-state index contributed by atoms with van der Waals surface area (Å²) >= 11 is 0. The summed E-state index contributed by atoms with van der Waals surface area (Å²) in [5.74, 6) is 1.56. The van der Waals surface area contributed by atoms with Gasteiger partial charge in [-0.1, -0.05) is 13.8 Å². The van der Waals surface area contributed by atoms with Crippen molar-refractivity contribution in [2.45, 2.75) is 13.8 Å². The Hall–Kier alpha value is -0.330. The van der Waals surface area contributed by atoms with E-state index in [1.807, 2.05) is 0 Å². The summed E-state index contributed by atoms with van der Waals surface area (Å²) in [5.41, 5.74) is 1.42. The first-order valence-corrected chi connectivity index (χ1v) is 2.78. The molecule has 2 aliphatic carbocycles. The van der Waals surface area contributed by atoms with E-state index in [0.29, 0.717) is 11.3 Å². The van der Waals surface area contributed by atoms with Crippen molar-refractivity contribution >= 4 is 5.71 Å². The second-order valence-electron chi connectivity index (χ2n) is 2.96. The Kier molecular flexibility index (Phi) is 0.299. The van der Waals surface area contributed by atoms with Crippen LogP contribution < -0.4 is 0 Å². The van der Waals surface area contributed by atoms with Crippen LogP contribution in [0, 0.1) is 22.7 Å². The molecule has 0 spiro atoms. The van der Waals surface area contributed by atoms with E-state index in [4.69, 9.17) is 5.41 Å². The van der Waals surface area contributed by atoms with Crippen LogP contribution in [0.1, 0.15) is 13.8 Å². The van der Waals surface area contributed by atoms with E-state index < -0.39 is 0 Å². The van der Waals surface area contributed by atoms with Gasteiger partial charge in [0.15, 0.2) is 0 Å². The number of hydrogen-bond acceptors (Lipinski definition) is 1. The number of fused-ring (bicyclic) bond motifs is 1. The predicted octanol–water partition coefficient (Wildman–Crippen LogP) is 1.29. The van der Waals surface area contributed by atoms with Crippen molar-refractivity contribution in [3.05, 3.63) is 0 Å². The van der Waals surface area contributed by atoms with Crippen LogP contribution in [0.5, 0.6) is 0 Å². The van der Waals surface area contributed by atoms with Gasteiger partial charge in [-0.05, 0) is 5.92 Å². The van der Waals surface area contributed by atoms with E-state index in [-0.39, 0.29) is 0 Å². The third kappa shape index (κ3) is 0.163. The van der Waals surface area contributed by atoms with Crippen LogP contribution in [0.15, 0.2) is 0 Å². The molecule has 2 aliphatic rings. The van der Waals surface area contributed by atoms with Crippen LogP contribution in [0.4, 0.5) is 0 Å². The average Bonchev–Trinajstić information content (AvgIpc) is 2.31. The SMILES string of the molecule is C[C@H]1C2C(=N)C21C. The van der Waals surface area contributed by atoms with Gasteiger partial charge in [0.05, 0.1) is 0 Å². The molecule has 2 unspecified atom stereocenters. The summed E-state index contributed by atoms with van der Waals surface area (Å²) in [6.45, 7) is 4.41. The monoisotopic (exact) mass is 95.1 g/mol. The van der Waals surface area contributed by atoms with Crippen molar-refractivity contribution in [3.8, 4) is 0 Å². The fourth-order valence-corrected chi connectivity index (χ4v) is 1.61. The van der Waals surface area contributed by atoms with Crippen LogP contribution in [0.3, 0.4) is 0 Å². The van der Waals surface area contributed by atoms with Crippen LogP contribution in [0.25, 0.3) is 0 Å². The molecule has 0 aromatic carbocycles. The quantitative estimate of drug-likeness (QED) is 0.469. The second-order valence-corrected chi connectivity index (χ2v) is 2.96. The zero-order chi connectivity index (χ0) is 5.23. The molecule has 3 atom stereocenters. The summed E-state index contributed by atoms with van der Waals surface area (Å²) in [6.07, 6.45) is 0. The van der Waals surface area contributed by atoms with Crippen molar-refractivity contribution < 1.29 is 0 Å². The van der Waals surface area contributed by atoms with Gasteiger partial charge in [-0.2, -0.15) is 0 Å². The molecular weight excluding hydrogens is 86.1 g/mol. The molecule has 2 saturated carbocycles. The fourth-order valence-electron chi connectivity index (χ4n) is 1.61. The first-order valence-electron chi connectivity index (χ1n) is 2.78. The summed E-state index contributed by atoms with van der Waals surface area (Å²) in [7, 11) is 0. The Morgan fingerprint density at radius 3 is 2.14 bits per heavy atom. The third-order valence-corrected chi connectivity index (χ3v) is 2.79. The average molecular weight is 95.1 g/mol. The van der Waals surface area contributed by atoms with Crippen LogP contribution in [-0.4, -0.2) is 5.71 Å². The highest BCUT2D eigenvalue weighted by Gasteiger charge is 2.78. The Bertz CT molecular complexity index is 150. The fraction of sp³-hybridized carbons (Fsp3) is 0.833. The van der Waals surface area contributed by atoms with Gasteiger partial charge in [-0.15, -0.1) is 0 Å². The van der Waals surface area contributed by atoms with Crippen molar-refractivity contribution in [2.24, 2.45) is 17.3 Å².